The monoisotopic (exact) mass is 354 g/mol. The molecule has 2 N–H and O–H groups in total. The van der Waals surface area contributed by atoms with Crippen LogP contribution in [0.4, 0.5) is 11.4 Å². The predicted molar refractivity (Wildman–Crippen MR) is 106 cm³/mol. The fraction of sp³-hybridized carbons (Fsp3) is 0.300. The van der Waals surface area contributed by atoms with Gasteiger partial charge in [-0.1, -0.05) is 24.3 Å². The van der Waals surface area contributed by atoms with E-state index in [-0.39, 0.29) is 11.8 Å². The lowest BCUT2D eigenvalue weighted by molar-refractivity contribution is -0.117. The second kappa shape index (κ2) is 9.12. The Labute approximate surface area is 154 Å². The maximum atomic E-state index is 11.8. The summed E-state index contributed by atoms with van der Waals surface area (Å²) in [5.74, 6) is -0.0823. The van der Waals surface area contributed by atoms with Gasteiger partial charge in [-0.3, -0.25) is 9.59 Å². The third kappa shape index (κ3) is 6.31. The summed E-state index contributed by atoms with van der Waals surface area (Å²) in [5, 5.41) is 5.73. The topological polar surface area (TPSA) is 64.7 Å². The van der Waals surface area contributed by atoms with E-state index in [1.165, 1.54) is 0 Å². The van der Waals surface area contributed by atoms with Crippen LogP contribution in [0, 0.1) is 0 Å². The van der Waals surface area contributed by atoms with Crippen LogP contribution in [0.5, 0.6) is 0 Å². The third-order valence-corrected chi connectivity index (χ3v) is 3.59. The van der Waals surface area contributed by atoms with E-state index in [0.29, 0.717) is 13.1 Å². The lowest BCUT2D eigenvalue weighted by Crippen LogP contribution is -2.27. The average molecular weight is 354 g/mol. The van der Waals surface area contributed by atoms with Gasteiger partial charge in [-0.05, 0) is 63.6 Å². The highest BCUT2D eigenvalue weighted by Crippen LogP contribution is 2.23. The minimum absolute atomic E-state index is 0.0411. The van der Waals surface area contributed by atoms with Crippen molar-refractivity contribution in [2.75, 3.05) is 51.9 Å². The SMILES string of the molecule is CN(C)CC(=O)Nc1ccc(-c2ccc(NC(=O)CN(C)C)cc2)cc1. The number of likely N-dealkylation sites (N-methyl/N-ethyl adjacent to an activating group) is 2. The number of rotatable bonds is 7. The van der Waals surface area contributed by atoms with Crippen molar-refractivity contribution in [1.29, 1.82) is 0 Å². The number of nitrogens with one attached hydrogen (secondary N) is 2. The number of hydrogen-bond donors (Lipinski definition) is 2. The number of carbonyl (C=O) groups excluding carboxylic acids is 2. The second-order valence-corrected chi connectivity index (χ2v) is 6.73. The van der Waals surface area contributed by atoms with E-state index in [4.69, 9.17) is 0 Å². The van der Waals surface area contributed by atoms with E-state index in [1.807, 2.05) is 86.5 Å². The minimum atomic E-state index is -0.0411. The van der Waals surface area contributed by atoms with Crippen molar-refractivity contribution < 1.29 is 9.59 Å². The van der Waals surface area contributed by atoms with Crippen LogP contribution in [0.25, 0.3) is 11.1 Å². The average Bonchev–Trinajstić information content (AvgIpc) is 2.54. The van der Waals surface area contributed by atoms with Crippen molar-refractivity contribution in [3.63, 3.8) is 0 Å². The molecular weight excluding hydrogens is 328 g/mol. The molecule has 0 spiro atoms. The van der Waals surface area contributed by atoms with Gasteiger partial charge in [-0.15, -0.1) is 0 Å². The largest absolute Gasteiger partial charge is 0.325 e. The van der Waals surface area contributed by atoms with Gasteiger partial charge in [-0.25, -0.2) is 0 Å². The van der Waals surface area contributed by atoms with Gasteiger partial charge in [0.05, 0.1) is 13.1 Å². The highest BCUT2D eigenvalue weighted by atomic mass is 16.2. The van der Waals surface area contributed by atoms with Crippen molar-refractivity contribution >= 4 is 23.2 Å². The van der Waals surface area contributed by atoms with E-state index >= 15 is 0 Å². The van der Waals surface area contributed by atoms with Gasteiger partial charge in [-0.2, -0.15) is 0 Å². The molecular formula is C20H26N4O2. The van der Waals surface area contributed by atoms with Crippen molar-refractivity contribution in [3.8, 4) is 11.1 Å². The van der Waals surface area contributed by atoms with Gasteiger partial charge >= 0.3 is 0 Å². The molecule has 0 bridgehead atoms. The molecule has 2 rings (SSSR count). The van der Waals surface area contributed by atoms with Crippen LogP contribution < -0.4 is 10.6 Å². The Kier molecular flexibility index (Phi) is 6.89. The van der Waals surface area contributed by atoms with Gasteiger partial charge < -0.3 is 20.4 Å². The van der Waals surface area contributed by atoms with Crippen LogP contribution in [0.2, 0.25) is 0 Å². The molecule has 0 saturated heterocycles. The van der Waals surface area contributed by atoms with Crippen molar-refractivity contribution in [1.82, 2.24) is 9.80 Å². The van der Waals surface area contributed by atoms with Crippen LogP contribution in [-0.2, 0) is 9.59 Å². The molecule has 6 nitrogen and oxygen atoms in total. The van der Waals surface area contributed by atoms with Crippen molar-refractivity contribution in [3.05, 3.63) is 48.5 Å². The molecule has 0 radical (unpaired) electrons. The second-order valence-electron chi connectivity index (χ2n) is 6.73. The first kappa shape index (κ1) is 19.6. The van der Waals surface area contributed by atoms with Crippen LogP contribution in [0.1, 0.15) is 0 Å². The summed E-state index contributed by atoms with van der Waals surface area (Å²) < 4.78 is 0. The fourth-order valence-corrected chi connectivity index (χ4v) is 2.47. The Morgan fingerprint density at radius 2 is 0.962 bits per heavy atom. The molecule has 2 aromatic carbocycles. The Morgan fingerprint density at radius 3 is 1.23 bits per heavy atom. The smallest absolute Gasteiger partial charge is 0.238 e. The molecule has 0 unspecified atom stereocenters. The summed E-state index contributed by atoms with van der Waals surface area (Å²) in [6, 6.07) is 15.4. The molecule has 0 atom stereocenters. The highest BCUT2D eigenvalue weighted by molar-refractivity contribution is 5.93. The number of benzene rings is 2. The molecule has 0 fully saturated rings. The van der Waals surface area contributed by atoms with Gasteiger partial charge in [0.25, 0.3) is 0 Å². The summed E-state index contributed by atoms with van der Waals surface area (Å²) in [5.41, 5.74) is 3.63. The molecule has 2 aromatic rings. The zero-order valence-electron chi connectivity index (χ0n) is 15.7. The summed E-state index contributed by atoms with van der Waals surface area (Å²) in [6.45, 7) is 0.700. The number of hydrogen-bond acceptors (Lipinski definition) is 4. The highest BCUT2D eigenvalue weighted by Gasteiger charge is 2.06. The molecule has 0 saturated carbocycles. The quantitative estimate of drug-likeness (QED) is 0.801. The van der Waals surface area contributed by atoms with E-state index in [0.717, 1.165) is 22.5 Å². The van der Waals surface area contributed by atoms with Gasteiger partial charge in [0, 0.05) is 11.4 Å². The fourth-order valence-electron chi connectivity index (χ4n) is 2.47. The van der Waals surface area contributed by atoms with Gasteiger partial charge in [0.15, 0.2) is 0 Å². The molecule has 2 amide bonds. The summed E-state index contributed by atoms with van der Waals surface area (Å²) in [6.07, 6.45) is 0. The van der Waals surface area contributed by atoms with Crippen LogP contribution >= 0.6 is 0 Å². The Hall–Kier alpha value is -2.70. The molecule has 26 heavy (non-hydrogen) atoms. The molecule has 0 aliphatic carbocycles. The number of carbonyl (C=O) groups is 2. The lowest BCUT2D eigenvalue weighted by Gasteiger charge is -2.11. The molecule has 0 aliphatic rings. The predicted octanol–water partition coefficient (Wildman–Crippen LogP) is 2.35. The molecule has 0 aromatic heterocycles. The van der Waals surface area contributed by atoms with E-state index in [9.17, 15) is 9.59 Å². The zero-order chi connectivity index (χ0) is 19.1. The summed E-state index contributed by atoms with van der Waals surface area (Å²) in [4.78, 5) is 27.2. The van der Waals surface area contributed by atoms with Gasteiger partial charge in [0.1, 0.15) is 0 Å². The molecule has 0 heterocycles. The van der Waals surface area contributed by atoms with E-state index in [1.54, 1.807) is 0 Å². The van der Waals surface area contributed by atoms with Crippen LogP contribution in [0.3, 0.4) is 0 Å². The lowest BCUT2D eigenvalue weighted by atomic mass is 10.0. The van der Waals surface area contributed by atoms with E-state index in [2.05, 4.69) is 10.6 Å². The molecule has 6 heteroatoms. The minimum Gasteiger partial charge on any atom is -0.325 e. The maximum Gasteiger partial charge on any atom is 0.238 e. The van der Waals surface area contributed by atoms with Gasteiger partial charge in [0.2, 0.25) is 11.8 Å². The Morgan fingerprint density at radius 1 is 0.654 bits per heavy atom. The number of anilines is 2. The zero-order valence-corrected chi connectivity index (χ0v) is 15.7. The van der Waals surface area contributed by atoms with Crippen LogP contribution in [0.15, 0.2) is 48.5 Å². The first-order chi connectivity index (χ1) is 12.3. The van der Waals surface area contributed by atoms with E-state index < -0.39 is 0 Å². The maximum absolute atomic E-state index is 11.8. The summed E-state index contributed by atoms with van der Waals surface area (Å²) in [7, 11) is 7.43. The van der Waals surface area contributed by atoms with Crippen LogP contribution in [-0.4, -0.2) is 62.9 Å². The standard InChI is InChI=1S/C20H26N4O2/c1-23(2)13-19(25)21-17-9-5-15(6-10-17)16-7-11-18(12-8-16)22-20(26)14-24(3)4/h5-12H,13-14H2,1-4H3,(H,21,25)(H,22,26). The Balaban J connectivity index is 1.98. The Bertz CT molecular complexity index is 672. The molecule has 138 valence electrons. The normalized spacial score (nSPS) is 10.8. The number of nitrogens with zero attached hydrogens (tertiary/aromatic N) is 2. The number of amides is 2. The van der Waals surface area contributed by atoms with Crippen molar-refractivity contribution in [2.45, 2.75) is 0 Å². The molecule has 0 aliphatic heterocycles. The first-order valence-electron chi connectivity index (χ1n) is 8.43. The first-order valence-corrected chi connectivity index (χ1v) is 8.43. The summed E-state index contributed by atoms with van der Waals surface area (Å²) >= 11 is 0. The van der Waals surface area contributed by atoms with Crippen molar-refractivity contribution in [2.24, 2.45) is 0 Å². The third-order valence-electron chi connectivity index (χ3n) is 3.59.